The SMILES string of the molecule is C=CC(=O)N1CCN(c2c(C#N)c(OC[C@H]3CCN(C)C3)nc3c2CCN(c2cccc4cccc(C)c24)C3)C[C@@H]1CC#N. The van der Waals surface area contributed by atoms with Crippen LogP contribution in [0.4, 0.5) is 11.4 Å². The van der Waals surface area contributed by atoms with Gasteiger partial charge in [0.15, 0.2) is 0 Å². The molecular formula is C35H39N7O2. The van der Waals surface area contributed by atoms with Gasteiger partial charge in [-0.3, -0.25) is 4.79 Å². The van der Waals surface area contributed by atoms with Gasteiger partial charge in [-0.2, -0.15) is 10.5 Å². The normalized spacial score (nSPS) is 20.2. The van der Waals surface area contributed by atoms with Crippen LogP contribution in [0.3, 0.4) is 0 Å². The molecule has 0 radical (unpaired) electrons. The van der Waals surface area contributed by atoms with E-state index in [1.165, 1.54) is 28.1 Å². The predicted octanol–water partition coefficient (Wildman–Crippen LogP) is 4.42. The van der Waals surface area contributed by atoms with E-state index in [4.69, 9.17) is 9.72 Å². The van der Waals surface area contributed by atoms with Crippen molar-refractivity contribution in [2.45, 2.75) is 38.8 Å². The van der Waals surface area contributed by atoms with Gasteiger partial charge in [-0.25, -0.2) is 4.98 Å². The second-order valence-electron chi connectivity index (χ2n) is 12.2. The number of hydrogen-bond acceptors (Lipinski definition) is 8. The Morgan fingerprint density at radius 2 is 1.93 bits per heavy atom. The number of carbonyl (C=O) groups is 1. The molecule has 0 spiro atoms. The van der Waals surface area contributed by atoms with Crippen molar-refractivity contribution in [2.75, 3.05) is 62.7 Å². The monoisotopic (exact) mass is 589 g/mol. The summed E-state index contributed by atoms with van der Waals surface area (Å²) in [6.07, 6.45) is 3.29. The molecule has 1 amide bonds. The largest absolute Gasteiger partial charge is 0.476 e. The highest BCUT2D eigenvalue weighted by atomic mass is 16.5. The molecule has 1 aromatic heterocycles. The maximum absolute atomic E-state index is 12.6. The van der Waals surface area contributed by atoms with E-state index in [1.807, 2.05) is 0 Å². The Labute approximate surface area is 259 Å². The lowest BCUT2D eigenvalue weighted by molar-refractivity contribution is -0.128. The van der Waals surface area contributed by atoms with Crippen molar-refractivity contribution >= 4 is 28.1 Å². The number of benzene rings is 2. The molecule has 2 saturated heterocycles. The molecule has 2 fully saturated rings. The number of hydrogen-bond donors (Lipinski definition) is 0. The second-order valence-corrected chi connectivity index (χ2v) is 12.2. The first kappa shape index (κ1) is 29.5. The van der Waals surface area contributed by atoms with Crippen LogP contribution in [-0.4, -0.2) is 79.7 Å². The molecule has 9 nitrogen and oxygen atoms in total. The Kier molecular flexibility index (Phi) is 8.41. The maximum atomic E-state index is 12.6. The van der Waals surface area contributed by atoms with Crippen LogP contribution in [0.25, 0.3) is 10.8 Å². The molecule has 44 heavy (non-hydrogen) atoms. The number of carbonyl (C=O) groups excluding carboxylic acids is 1. The van der Waals surface area contributed by atoms with Crippen LogP contribution in [0.1, 0.15) is 35.2 Å². The molecule has 4 heterocycles. The number of piperazine rings is 1. The number of rotatable bonds is 7. The van der Waals surface area contributed by atoms with Gasteiger partial charge < -0.3 is 24.3 Å². The summed E-state index contributed by atoms with van der Waals surface area (Å²) in [6.45, 7) is 11.1. The summed E-state index contributed by atoms with van der Waals surface area (Å²) in [6, 6.07) is 17.2. The Morgan fingerprint density at radius 3 is 2.66 bits per heavy atom. The first-order valence-corrected chi connectivity index (χ1v) is 15.5. The quantitative estimate of drug-likeness (QED) is 0.374. The first-order valence-electron chi connectivity index (χ1n) is 15.5. The standard InChI is InChI=1S/C35H39N7O2/c1-4-32(43)42-18-17-41(21-27(42)11-14-36)34-28-13-16-40(31-10-6-9-26-8-5-7-24(2)33(26)31)22-30(28)38-35(29(34)19-37)44-23-25-12-15-39(3)20-25/h4-10,25,27H,1,11-13,15-18,20-23H2,2-3H3/t25-,27-/m0/s1. The third-order valence-corrected chi connectivity index (χ3v) is 9.37. The highest BCUT2D eigenvalue weighted by Crippen LogP contribution is 2.40. The van der Waals surface area contributed by atoms with E-state index >= 15 is 0 Å². The molecule has 2 atom stereocenters. The van der Waals surface area contributed by atoms with E-state index in [2.05, 4.69) is 83.8 Å². The van der Waals surface area contributed by atoms with Crippen molar-refractivity contribution in [3.8, 4) is 18.0 Å². The van der Waals surface area contributed by atoms with Crippen LogP contribution in [0.2, 0.25) is 0 Å². The molecule has 0 aliphatic carbocycles. The molecule has 3 aromatic rings. The molecule has 226 valence electrons. The summed E-state index contributed by atoms with van der Waals surface area (Å²) in [4.78, 5) is 26.3. The number of fused-ring (bicyclic) bond motifs is 2. The lowest BCUT2D eigenvalue weighted by Gasteiger charge is -2.43. The first-order chi connectivity index (χ1) is 21.4. The average Bonchev–Trinajstić information content (AvgIpc) is 3.47. The zero-order valence-electron chi connectivity index (χ0n) is 25.6. The van der Waals surface area contributed by atoms with E-state index < -0.39 is 0 Å². The van der Waals surface area contributed by atoms with Crippen LogP contribution < -0.4 is 14.5 Å². The fourth-order valence-electron chi connectivity index (χ4n) is 7.17. The van der Waals surface area contributed by atoms with E-state index in [1.54, 1.807) is 4.90 Å². The highest BCUT2D eigenvalue weighted by Gasteiger charge is 2.35. The fraction of sp³-hybridized carbons (Fsp3) is 0.429. The number of nitriles is 2. The van der Waals surface area contributed by atoms with Gasteiger partial charge in [0.25, 0.3) is 0 Å². The zero-order valence-corrected chi connectivity index (χ0v) is 25.6. The number of likely N-dealkylation sites (tertiary alicyclic amines) is 1. The highest BCUT2D eigenvalue weighted by molar-refractivity contribution is 5.97. The van der Waals surface area contributed by atoms with Gasteiger partial charge in [0, 0.05) is 55.3 Å². The summed E-state index contributed by atoms with van der Waals surface area (Å²) in [5, 5.41) is 22.6. The predicted molar refractivity (Wildman–Crippen MR) is 172 cm³/mol. The molecular weight excluding hydrogens is 550 g/mol. The molecule has 0 saturated carbocycles. The van der Waals surface area contributed by atoms with Gasteiger partial charge in [0.05, 0.1) is 43.1 Å². The zero-order chi connectivity index (χ0) is 30.8. The molecule has 9 heteroatoms. The number of anilines is 2. The summed E-state index contributed by atoms with van der Waals surface area (Å²) in [5.74, 6) is 0.596. The van der Waals surface area contributed by atoms with E-state index in [9.17, 15) is 15.3 Å². The second kappa shape index (κ2) is 12.6. The van der Waals surface area contributed by atoms with Gasteiger partial charge in [-0.05, 0) is 56.4 Å². The molecule has 2 aromatic carbocycles. The van der Waals surface area contributed by atoms with Crippen molar-refractivity contribution in [3.63, 3.8) is 0 Å². The Bertz CT molecular complexity index is 1670. The van der Waals surface area contributed by atoms with Crippen LogP contribution in [-0.2, 0) is 17.8 Å². The van der Waals surface area contributed by atoms with Crippen LogP contribution >= 0.6 is 0 Å². The molecule has 6 rings (SSSR count). The van der Waals surface area contributed by atoms with Crippen molar-refractivity contribution < 1.29 is 9.53 Å². The van der Waals surface area contributed by atoms with E-state index in [-0.39, 0.29) is 18.4 Å². The summed E-state index contributed by atoms with van der Waals surface area (Å²) < 4.78 is 6.40. The van der Waals surface area contributed by atoms with Crippen molar-refractivity contribution in [1.82, 2.24) is 14.8 Å². The molecule has 3 aliphatic rings. The molecule has 0 unspecified atom stereocenters. The molecule has 0 N–H and O–H groups in total. The van der Waals surface area contributed by atoms with Gasteiger partial charge in [-0.15, -0.1) is 0 Å². The Balaban J connectivity index is 1.40. The van der Waals surface area contributed by atoms with Crippen molar-refractivity contribution in [1.29, 1.82) is 10.5 Å². The Hall–Kier alpha value is -4.60. The fourth-order valence-corrected chi connectivity index (χ4v) is 7.17. The minimum Gasteiger partial charge on any atom is -0.476 e. The van der Waals surface area contributed by atoms with E-state index in [0.717, 1.165) is 49.4 Å². The number of aromatic nitrogens is 1. The van der Waals surface area contributed by atoms with Crippen molar-refractivity contribution in [3.05, 3.63) is 71.4 Å². The number of aryl methyl sites for hydroxylation is 1. The number of pyridine rings is 1. The average molecular weight is 590 g/mol. The minimum atomic E-state index is -0.299. The lowest BCUT2D eigenvalue weighted by Crippen LogP contribution is -2.55. The number of amides is 1. The minimum absolute atomic E-state index is 0.172. The van der Waals surface area contributed by atoms with Gasteiger partial charge in [-0.1, -0.05) is 36.9 Å². The molecule has 3 aliphatic heterocycles. The van der Waals surface area contributed by atoms with Gasteiger partial charge in [0.1, 0.15) is 11.6 Å². The van der Waals surface area contributed by atoms with Crippen LogP contribution in [0.5, 0.6) is 5.88 Å². The lowest BCUT2D eigenvalue weighted by atomic mass is 9.95. The summed E-state index contributed by atoms with van der Waals surface area (Å²) in [7, 11) is 2.12. The van der Waals surface area contributed by atoms with E-state index in [0.29, 0.717) is 50.1 Å². The smallest absolute Gasteiger partial charge is 0.246 e. The summed E-state index contributed by atoms with van der Waals surface area (Å²) in [5.41, 5.74) is 5.68. The van der Waals surface area contributed by atoms with Gasteiger partial charge in [0.2, 0.25) is 11.8 Å². The number of ether oxygens (including phenoxy) is 1. The number of nitrogens with zero attached hydrogens (tertiary/aromatic N) is 7. The van der Waals surface area contributed by atoms with Crippen LogP contribution in [0, 0.1) is 35.5 Å². The van der Waals surface area contributed by atoms with Crippen molar-refractivity contribution in [2.24, 2.45) is 5.92 Å². The Morgan fingerprint density at radius 1 is 1.11 bits per heavy atom. The molecule has 0 bridgehead atoms. The van der Waals surface area contributed by atoms with Gasteiger partial charge >= 0.3 is 0 Å². The third kappa shape index (κ3) is 5.56. The summed E-state index contributed by atoms with van der Waals surface area (Å²) >= 11 is 0. The third-order valence-electron chi connectivity index (χ3n) is 9.37. The topological polar surface area (TPSA) is 99.7 Å². The maximum Gasteiger partial charge on any atom is 0.246 e. The van der Waals surface area contributed by atoms with Crippen LogP contribution in [0.15, 0.2) is 49.1 Å².